The van der Waals surface area contributed by atoms with Gasteiger partial charge in [0.1, 0.15) is 16.9 Å². The number of hydrogen-bond donors (Lipinski definition) is 0. The fourth-order valence-corrected chi connectivity index (χ4v) is 14.5. The topological polar surface area (TPSA) is 51.9 Å². The van der Waals surface area contributed by atoms with E-state index in [0.717, 1.165) is 150 Å². The molecule has 0 saturated carbocycles. The normalized spacial score (nSPS) is 12.0. The number of fused-ring (bicyclic) bond motifs is 24. The number of benzene rings is 13. The summed E-state index contributed by atoms with van der Waals surface area (Å²) in [6.07, 6.45) is 0. The molecule has 7 heteroatoms. The van der Waals surface area contributed by atoms with Crippen molar-refractivity contribution in [1.29, 1.82) is 0 Å². The summed E-state index contributed by atoms with van der Waals surface area (Å²) in [6.45, 7) is 0. The molecule has 6 heterocycles. The zero-order valence-corrected chi connectivity index (χ0v) is 47.5. The average molecular weight is 1120 g/mol. The van der Waals surface area contributed by atoms with Crippen LogP contribution in [0.25, 0.3) is 182 Å². The van der Waals surface area contributed by atoms with Gasteiger partial charge in [0, 0.05) is 40.7 Å². The molecule has 0 spiro atoms. The Morgan fingerprint density at radius 3 is 0.716 bits per heavy atom. The van der Waals surface area contributed by atoms with Crippen LogP contribution in [0, 0.1) is 0 Å². The number of rotatable bonds is 6. The van der Waals surface area contributed by atoms with Crippen molar-refractivity contribution in [2.45, 2.75) is 0 Å². The highest BCUT2D eigenvalue weighted by Crippen LogP contribution is 2.46. The molecule has 0 saturated heterocycles. The van der Waals surface area contributed by atoms with Gasteiger partial charge in [0.05, 0.1) is 49.7 Å². The molecule has 0 aliphatic carbocycles. The highest BCUT2D eigenvalue weighted by molar-refractivity contribution is 6.18. The zero-order valence-electron chi connectivity index (χ0n) is 47.5. The first-order valence-electron chi connectivity index (χ1n) is 29.7. The summed E-state index contributed by atoms with van der Waals surface area (Å²) in [6, 6.07) is 107. The Labute approximate surface area is 506 Å². The highest BCUT2D eigenvalue weighted by atomic mass is 15.0. The molecule has 0 atom stereocenters. The maximum Gasteiger partial charge on any atom is 0.146 e. The van der Waals surface area contributed by atoms with Gasteiger partial charge in [0.25, 0.3) is 0 Å². The van der Waals surface area contributed by atoms with Crippen LogP contribution in [0.2, 0.25) is 0 Å². The Bertz CT molecular complexity index is 5560. The lowest BCUT2D eigenvalue weighted by molar-refractivity contribution is 1.31. The van der Waals surface area contributed by atoms with Gasteiger partial charge in [-0.05, 0) is 192 Å². The van der Waals surface area contributed by atoms with Gasteiger partial charge in [0.2, 0.25) is 0 Å². The van der Waals surface area contributed by atoms with Crippen molar-refractivity contribution >= 4 is 123 Å². The fourth-order valence-electron chi connectivity index (χ4n) is 14.5. The molecule has 19 rings (SSSR count). The second-order valence-corrected chi connectivity index (χ2v) is 23.0. The lowest BCUT2D eigenvalue weighted by Gasteiger charge is -2.19. The number of aromatic nitrogens is 6. The van der Waals surface area contributed by atoms with Crippen molar-refractivity contribution in [2.24, 2.45) is 0 Å². The zero-order chi connectivity index (χ0) is 56.8. The largest absolute Gasteiger partial charge is 0.292 e. The maximum atomic E-state index is 5.25. The monoisotopic (exact) mass is 1120 g/mol. The standard InChI is InChI=1S/C81H48N6.B/c1-4-22-58(55(19-1)49-37-40-64-67(46-49)61-25-7-13-31-73(61)85-76-34-16-10-28-70(76)82-79(64)85)52-43-53(59-23-5-2-20-56(59)50-38-41-65-68(47-50)62-26-8-14-32-74(62)86-77-35-17-11-29-71(77)83-80(65)86)45-54(44-52)60-24-6-3-21-57(60)51-39-42-66-69(48-51)63-27-9-15-33-75(63)87-78-36-18-12-30-72(78)84-81(66)87;/h1-48H;. The Kier molecular flexibility index (Phi) is 10.8. The van der Waals surface area contributed by atoms with E-state index < -0.39 is 0 Å². The third kappa shape index (κ3) is 7.28. The summed E-state index contributed by atoms with van der Waals surface area (Å²) < 4.78 is 6.97. The van der Waals surface area contributed by atoms with E-state index in [9.17, 15) is 0 Å². The van der Waals surface area contributed by atoms with Crippen LogP contribution >= 0.6 is 0 Å². The molecule has 0 amide bonds. The molecule has 0 aliphatic heterocycles. The molecule has 19 aromatic rings. The second kappa shape index (κ2) is 19.2. The minimum atomic E-state index is 0. The molecule has 3 radical (unpaired) electrons. The van der Waals surface area contributed by atoms with Gasteiger partial charge >= 0.3 is 0 Å². The summed E-state index contributed by atoms with van der Waals surface area (Å²) in [5.41, 5.74) is 26.3. The summed E-state index contributed by atoms with van der Waals surface area (Å²) in [5, 5.41) is 10.5. The Morgan fingerprint density at radius 1 is 0.182 bits per heavy atom. The van der Waals surface area contributed by atoms with E-state index in [0.29, 0.717) is 0 Å². The molecule has 6 nitrogen and oxygen atoms in total. The molecule has 6 aromatic heterocycles. The van der Waals surface area contributed by atoms with Crippen LogP contribution in [0.5, 0.6) is 0 Å². The van der Waals surface area contributed by atoms with Crippen molar-refractivity contribution in [1.82, 2.24) is 28.2 Å². The molecule has 0 aliphatic rings. The van der Waals surface area contributed by atoms with Crippen molar-refractivity contribution in [2.75, 3.05) is 0 Å². The van der Waals surface area contributed by atoms with Crippen molar-refractivity contribution in [3.8, 4) is 66.8 Å². The quantitative estimate of drug-likeness (QED) is 0.123. The first-order valence-corrected chi connectivity index (χ1v) is 29.7. The SMILES string of the molecule is [B].c1ccc(-c2ccc3c(c2)c2ccccc2n2c4ccccc4nc32)c(-c2cc(-c3ccccc3-c3ccc4c(c3)c3ccccc3n3c5ccccc5nc43)cc(-c3ccccc3-c3ccc4c(c3)c3ccccc3n3c5ccccc5nc43)c2)c1. The average Bonchev–Trinajstić information content (AvgIpc) is 1.59. The second-order valence-electron chi connectivity index (χ2n) is 23.0. The summed E-state index contributed by atoms with van der Waals surface area (Å²) in [4.78, 5) is 15.7. The van der Waals surface area contributed by atoms with Crippen molar-refractivity contribution in [3.63, 3.8) is 0 Å². The smallest absolute Gasteiger partial charge is 0.146 e. The van der Waals surface area contributed by atoms with Crippen LogP contribution < -0.4 is 0 Å². The van der Waals surface area contributed by atoms with Crippen LogP contribution in [-0.4, -0.2) is 36.6 Å². The third-order valence-corrected chi connectivity index (χ3v) is 18.3. The Balaban J connectivity index is 0.00000580. The molecule has 0 N–H and O–H groups in total. The molecule has 0 fully saturated rings. The first kappa shape index (κ1) is 49.7. The minimum absolute atomic E-state index is 0. The van der Waals surface area contributed by atoms with Gasteiger partial charge in [-0.2, -0.15) is 0 Å². The van der Waals surface area contributed by atoms with Gasteiger partial charge in [-0.15, -0.1) is 0 Å². The van der Waals surface area contributed by atoms with Crippen LogP contribution in [0.3, 0.4) is 0 Å². The molecule has 88 heavy (non-hydrogen) atoms. The van der Waals surface area contributed by atoms with Gasteiger partial charge in [-0.3, -0.25) is 13.2 Å². The lowest BCUT2D eigenvalue weighted by Crippen LogP contribution is -1.94. The Morgan fingerprint density at radius 2 is 0.420 bits per heavy atom. The van der Waals surface area contributed by atoms with E-state index in [2.05, 4.69) is 304 Å². The summed E-state index contributed by atoms with van der Waals surface area (Å²) in [5.74, 6) is 0. The van der Waals surface area contributed by atoms with Crippen molar-refractivity contribution < 1.29 is 0 Å². The maximum absolute atomic E-state index is 5.25. The molecular weight excluding hydrogens is 1070 g/mol. The predicted molar refractivity (Wildman–Crippen MR) is 369 cm³/mol. The van der Waals surface area contributed by atoms with Crippen LogP contribution in [-0.2, 0) is 0 Å². The molecule has 0 bridgehead atoms. The number of pyridine rings is 3. The van der Waals surface area contributed by atoms with Gasteiger partial charge in [0.15, 0.2) is 0 Å². The van der Waals surface area contributed by atoms with E-state index in [1.165, 1.54) is 32.3 Å². The van der Waals surface area contributed by atoms with E-state index in [1.54, 1.807) is 0 Å². The predicted octanol–water partition coefficient (Wildman–Crippen LogP) is 20.6. The first-order chi connectivity index (χ1) is 43.1. The number of para-hydroxylation sites is 9. The fraction of sp³-hybridized carbons (Fsp3) is 0. The third-order valence-electron chi connectivity index (χ3n) is 18.3. The van der Waals surface area contributed by atoms with E-state index >= 15 is 0 Å². The minimum Gasteiger partial charge on any atom is -0.292 e. The lowest BCUT2D eigenvalue weighted by atomic mass is 9.85. The number of imidazole rings is 3. The van der Waals surface area contributed by atoms with Gasteiger partial charge < -0.3 is 0 Å². The highest BCUT2D eigenvalue weighted by Gasteiger charge is 2.22. The Hall–Kier alpha value is -11.7. The van der Waals surface area contributed by atoms with E-state index in [1.807, 2.05) is 0 Å². The van der Waals surface area contributed by atoms with Crippen LogP contribution in [0.15, 0.2) is 291 Å². The van der Waals surface area contributed by atoms with E-state index in [4.69, 9.17) is 15.0 Å². The number of nitrogens with zero attached hydrogens (tertiary/aromatic N) is 6. The van der Waals surface area contributed by atoms with Crippen molar-refractivity contribution in [3.05, 3.63) is 291 Å². The van der Waals surface area contributed by atoms with Gasteiger partial charge in [-0.25, -0.2) is 15.0 Å². The van der Waals surface area contributed by atoms with E-state index in [-0.39, 0.29) is 8.41 Å². The number of hydrogen-bond acceptors (Lipinski definition) is 3. The summed E-state index contributed by atoms with van der Waals surface area (Å²) >= 11 is 0. The molecule has 13 aromatic carbocycles. The van der Waals surface area contributed by atoms with Crippen LogP contribution in [0.1, 0.15) is 0 Å². The molecular formula is C81H48BN6. The van der Waals surface area contributed by atoms with Gasteiger partial charge in [-0.1, -0.05) is 182 Å². The van der Waals surface area contributed by atoms with Crippen LogP contribution in [0.4, 0.5) is 0 Å². The molecule has 405 valence electrons. The summed E-state index contributed by atoms with van der Waals surface area (Å²) in [7, 11) is 0. The molecule has 0 unspecified atom stereocenters.